The number of hydrogen-bond donors (Lipinski definition) is 3. The average molecular weight is 546 g/mol. The molecule has 0 aliphatic heterocycles. The summed E-state index contributed by atoms with van der Waals surface area (Å²) in [5.74, 6) is -1.34. The van der Waals surface area contributed by atoms with Crippen LogP contribution in [0.3, 0.4) is 0 Å². The fourth-order valence-electron chi connectivity index (χ4n) is 4.69. The van der Waals surface area contributed by atoms with Crippen LogP contribution in [0.4, 0.5) is 11.4 Å². The molecule has 4 N–H and O–H groups in total. The number of aromatic nitrogens is 3. The smallest absolute Gasteiger partial charge is 0.335 e. The zero-order chi connectivity index (χ0) is 27.5. The number of thioether (sulfide) groups is 1. The summed E-state index contributed by atoms with van der Waals surface area (Å²) >= 11 is 1.69. The number of carbonyl (C=O) groups excluding carboxylic acids is 1. The van der Waals surface area contributed by atoms with Gasteiger partial charge in [-0.05, 0) is 42.7 Å². The number of primary amides is 1. The number of carboxylic acid groups (broad SMARTS) is 1. The first-order valence-electron chi connectivity index (χ1n) is 12.4. The minimum absolute atomic E-state index is 0.161. The second kappa shape index (κ2) is 11.2. The molecule has 2 aromatic carbocycles. The lowest BCUT2D eigenvalue weighted by molar-refractivity contribution is 0.0696. The van der Waals surface area contributed by atoms with Gasteiger partial charge in [0.1, 0.15) is 0 Å². The molecule has 0 atom stereocenters. The maximum absolute atomic E-state index is 12.4. The van der Waals surface area contributed by atoms with Crippen LogP contribution in [0.5, 0.6) is 11.9 Å². The minimum Gasteiger partial charge on any atom is -0.480 e. The molecular weight excluding hydrogens is 518 g/mol. The molecule has 0 saturated heterocycles. The summed E-state index contributed by atoms with van der Waals surface area (Å²) in [6.45, 7) is 0. The quantitative estimate of drug-likeness (QED) is 0.253. The number of rotatable bonds is 9. The molecule has 0 bridgehead atoms. The van der Waals surface area contributed by atoms with Gasteiger partial charge in [0.2, 0.25) is 5.88 Å². The van der Waals surface area contributed by atoms with Crippen LogP contribution >= 0.6 is 11.8 Å². The predicted molar refractivity (Wildman–Crippen MR) is 149 cm³/mol. The number of nitrogens with one attached hydrogen (secondary N) is 1. The Morgan fingerprint density at radius 1 is 1.05 bits per heavy atom. The zero-order valence-corrected chi connectivity index (χ0v) is 22.2. The van der Waals surface area contributed by atoms with E-state index in [4.69, 9.17) is 15.2 Å². The third-order valence-electron chi connectivity index (χ3n) is 6.58. The van der Waals surface area contributed by atoms with Gasteiger partial charge in [-0.25, -0.2) is 9.78 Å². The van der Waals surface area contributed by atoms with Crippen molar-refractivity contribution < 1.29 is 24.2 Å². The molecule has 10 nitrogen and oxygen atoms in total. The van der Waals surface area contributed by atoms with Gasteiger partial charge in [-0.3, -0.25) is 9.78 Å². The van der Waals surface area contributed by atoms with E-state index in [-0.39, 0.29) is 17.1 Å². The molecule has 2 heterocycles. The Morgan fingerprint density at radius 2 is 1.85 bits per heavy atom. The summed E-state index contributed by atoms with van der Waals surface area (Å²) in [6.07, 6.45) is 7.60. The van der Waals surface area contributed by atoms with Gasteiger partial charge in [-0.1, -0.05) is 25.0 Å². The van der Waals surface area contributed by atoms with Crippen molar-refractivity contribution >= 4 is 45.9 Å². The molecule has 1 aliphatic rings. The van der Waals surface area contributed by atoms with Crippen LogP contribution in [0.25, 0.3) is 22.0 Å². The second-order valence-electron chi connectivity index (χ2n) is 9.12. The van der Waals surface area contributed by atoms with Crippen molar-refractivity contribution in [1.82, 2.24) is 15.0 Å². The third kappa shape index (κ3) is 5.58. The molecule has 0 unspecified atom stereocenters. The Kier molecular flexibility index (Phi) is 7.51. The molecule has 0 radical (unpaired) electrons. The van der Waals surface area contributed by atoms with E-state index in [1.54, 1.807) is 30.1 Å². The van der Waals surface area contributed by atoms with E-state index in [0.29, 0.717) is 39.0 Å². The molecular formula is C28H27N5O5S. The van der Waals surface area contributed by atoms with Gasteiger partial charge in [0, 0.05) is 33.6 Å². The molecule has 1 amide bonds. The SMILES string of the molecule is COc1ncc(-c2ccc3c(Nc4cc(SC5CCCC5)cc(C(=O)O)c4)c(C(N)=O)cnc3c2)c(OC)n1. The fraction of sp³-hybridized carbons (Fsp3) is 0.250. The Bertz CT molecular complexity index is 1570. The van der Waals surface area contributed by atoms with Crippen LogP contribution in [-0.2, 0) is 0 Å². The van der Waals surface area contributed by atoms with Crippen molar-refractivity contribution in [3.63, 3.8) is 0 Å². The number of fused-ring (bicyclic) bond motifs is 1. The van der Waals surface area contributed by atoms with Gasteiger partial charge in [0.25, 0.3) is 5.91 Å². The van der Waals surface area contributed by atoms with Crippen molar-refractivity contribution in [2.24, 2.45) is 5.73 Å². The largest absolute Gasteiger partial charge is 0.480 e. The number of amides is 1. The molecule has 2 aromatic heterocycles. The lowest BCUT2D eigenvalue weighted by Crippen LogP contribution is -2.14. The first kappa shape index (κ1) is 26.2. The maximum atomic E-state index is 12.4. The van der Waals surface area contributed by atoms with E-state index in [9.17, 15) is 14.7 Å². The molecule has 1 saturated carbocycles. The Hall–Kier alpha value is -4.38. The number of benzene rings is 2. The summed E-state index contributed by atoms with van der Waals surface area (Å²) in [7, 11) is 2.98. The van der Waals surface area contributed by atoms with Crippen LogP contribution in [0.2, 0.25) is 0 Å². The molecule has 0 spiro atoms. The Balaban J connectivity index is 1.57. The summed E-state index contributed by atoms with van der Waals surface area (Å²) in [5.41, 5.74) is 8.99. The number of carboxylic acids is 1. The summed E-state index contributed by atoms with van der Waals surface area (Å²) in [4.78, 5) is 38.0. The van der Waals surface area contributed by atoms with Gasteiger partial charge in [0.15, 0.2) is 0 Å². The lowest BCUT2D eigenvalue weighted by atomic mass is 10.0. The normalized spacial score (nSPS) is 13.4. The maximum Gasteiger partial charge on any atom is 0.335 e. The Morgan fingerprint density at radius 3 is 2.54 bits per heavy atom. The number of ether oxygens (including phenoxy) is 2. The summed E-state index contributed by atoms with van der Waals surface area (Å²) < 4.78 is 10.5. The lowest BCUT2D eigenvalue weighted by Gasteiger charge is -2.16. The van der Waals surface area contributed by atoms with Crippen LogP contribution in [-0.4, -0.2) is 51.4 Å². The first-order valence-corrected chi connectivity index (χ1v) is 13.2. The second-order valence-corrected chi connectivity index (χ2v) is 10.5. The summed E-state index contributed by atoms with van der Waals surface area (Å²) in [6, 6.07) is 10.8. The van der Waals surface area contributed by atoms with E-state index in [2.05, 4.69) is 20.3 Å². The van der Waals surface area contributed by atoms with Crippen molar-refractivity contribution in [1.29, 1.82) is 0 Å². The standard InChI is InChI=1S/C28H27N5O5S/c1-37-26-21(13-31-28(33-26)38-2)15-7-8-20-23(11-15)30-14-22(25(29)34)24(20)32-17-9-16(27(35)36)10-19(12-17)39-18-5-3-4-6-18/h7-14,18H,3-6H2,1-2H3,(H2,29,34)(H,30,32)(H,35,36). The van der Waals surface area contributed by atoms with Crippen LogP contribution in [0, 0.1) is 0 Å². The molecule has 1 fully saturated rings. The average Bonchev–Trinajstić information content (AvgIpc) is 3.45. The van der Waals surface area contributed by atoms with E-state index in [0.717, 1.165) is 23.3 Å². The Labute approximate surface area is 229 Å². The number of carbonyl (C=O) groups is 2. The number of anilines is 2. The molecule has 200 valence electrons. The van der Waals surface area contributed by atoms with Gasteiger partial charge in [-0.15, -0.1) is 11.8 Å². The third-order valence-corrected chi connectivity index (χ3v) is 7.89. The highest BCUT2D eigenvalue weighted by Gasteiger charge is 2.20. The van der Waals surface area contributed by atoms with Crippen molar-refractivity contribution in [2.75, 3.05) is 19.5 Å². The highest BCUT2D eigenvalue weighted by atomic mass is 32.2. The van der Waals surface area contributed by atoms with E-state index in [1.807, 2.05) is 24.3 Å². The molecule has 11 heteroatoms. The minimum atomic E-state index is -1.03. The summed E-state index contributed by atoms with van der Waals surface area (Å²) in [5, 5.41) is 14.1. The van der Waals surface area contributed by atoms with E-state index >= 15 is 0 Å². The number of methoxy groups -OCH3 is 2. The van der Waals surface area contributed by atoms with E-state index < -0.39 is 11.9 Å². The number of nitrogens with two attached hydrogens (primary N) is 1. The van der Waals surface area contributed by atoms with Crippen molar-refractivity contribution in [3.8, 4) is 23.0 Å². The van der Waals surface area contributed by atoms with E-state index in [1.165, 1.54) is 33.3 Å². The molecule has 4 aromatic rings. The first-order chi connectivity index (χ1) is 18.9. The highest BCUT2D eigenvalue weighted by molar-refractivity contribution is 8.00. The van der Waals surface area contributed by atoms with Crippen LogP contribution in [0.15, 0.2) is 53.7 Å². The van der Waals surface area contributed by atoms with Crippen molar-refractivity contribution in [3.05, 3.63) is 59.9 Å². The number of hydrogen-bond acceptors (Lipinski definition) is 9. The van der Waals surface area contributed by atoms with Crippen LogP contribution in [0.1, 0.15) is 46.4 Å². The molecule has 5 rings (SSSR count). The van der Waals surface area contributed by atoms with Gasteiger partial charge in [0.05, 0.1) is 42.1 Å². The van der Waals surface area contributed by atoms with Crippen LogP contribution < -0.4 is 20.5 Å². The number of aromatic carboxylic acids is 1. The fourth-order valence-corrected chi connectivity index (χ4v) is 6.04. The molecule has 1 aliphatic carbocycles. The topological polar surface area (TPSA) is 150 Å². The van der Waals surface area contributed by atoms with Gasteiger partial charge < -0.3 is 25.6 Å². The predicted octanol–water partition coefficient (Wildman–Crippen LogP) is 5.28. The van der Waals surface area contributed by atoms with Gasteiger partial charge >= 0.3 is 12.0 Å². The number of pyridine rings is 1. The monoisotopic (exact) mass is 545 g/mol. The zero-order valence-electron chi connectivity index (χ0n) is 21.4. The molecule has 39 heavy (non-hydrogen) atoms. The van der Waals surface area contributed by atoms with Crippen molar-refractivity contribution in [2.45, 2.75) is 35.8 Å². The van der Waals surface area contributed by atoms with Gasteiger partial charge in [-0.2, -0.15) is 4.98 Å². The number of nitrogens with zero attached hydrogens (tertiary/aromatic N) is 3. The highest BCUT2D eigenvalue weighted by Crippen LogP contribution is 2.38.